The van der Waals surface area contributed by atoms with E-state index in [0.717, 1.165) is 61.5 Å². The van der Waals surface area contributed by atoms with E-state index in [2.05, 4.69) is 39.5 Å². The quantitative estimate of drug-likeness (QED) is 0.514. The highest BCUT2D eigenvalue weighted by atomic mass is 32.1. The van der Waals surface area contributed by atoms with Crippen LogP contribution in [0.25, 0.3) is 11.0 Å². The van der Waals surface area contributed by atoms with Gasteiger partial charge in [0.25, 0.3) is 0 Å². The molecular weight excluding hydrogens is 368 g/mol. The molecule has 2 heterocycles. The average Bonchev–Trinajstić information content (AvgIpc) is 3.07. The third-order valence-corrected chi connectivity index (χ3v) is 5.90. The largest absolute Gasteiger partial charge is 0.363 e. The molecule has 1 aliphatic heterocycles. The number of fused-ring (bicyclic) bond motifs is 1. The number of aromatic amines is 1. The fourth-order valence-corrected chi connectivity index (χ4v) is 4.29. The van der Waals surface area contributed by atoms with E-state index >= 15 is 0 Å². The first kappa shape index (κ1) is 18.7. The summed E-state index contributed by atoms with van der Waals surface area (Å²) < 4.78 is 1.92. The second kappa shape index (κ2) is 8.61. The van der Waals surface area contributed by atoms with Gasteiger partial charge in [-0.2, -0.15) is 0 Å². The Hall–Kier alpha value is -2.60. The average molecular weight is 395 g/mol. The van der Waals surface area contributed by atoms with Gasteiger partial charge in [0.05, 0.1) is 11.0 Å². The standard InChI is InChI=1S/C22H26N4OS/c27-21-24-19-10-4-5-11-20(19)26(21)18-12-15-25(16-13-18)22(28)23-14-6-9-17-7-2-1-3-8-17/h1-5,7-8,10-11,18H,6,9,12-16H2,(H,23,28)(H,24,27). The molecule has 2 N–H and O–H groups in total. The summed E-state index contributed by atoms with van der Waals surface area (Å²) in [6.07, 6.45) is 3.97. The predicted molar refractivity (Wildman–Crippen MR) is 118 cm³/mol. The van der Waals surface area contributed by atoms with Crippen LogP contribution in [0.2, 0.25) is 0 Å². The number of rotatable bonds is 5. The Labute approximate surface area is 170 Å². The van der Waals surface area contributed by atoms with Crippen LogP contribution in [0.5, 0.6) is 0 Å². The second-order valence-corrected chi connectivity index (χ2v) is 7.74. The van der Waals surface area contributed by atoms with Crippen LogP contribution >= 0.6 is 12.2 Å². The van der Waals surface area contributed by atoms with Crippen molar-refractivity contribution < 1.29 is 0 Å². The molecule has 0 amide bonds. The van der Waals surface area contributed by atoms with E-state index in [9.17, 15) is 4.79 Å². The molecule has 0 saturated carbocycles. The molecule has 0 unspecified atom stereocenters. The third-order valence-electron chi connectivity index (χ3n) is 5.50. The van der Waals surface area contributed by atoms with Crippen molar-refractivity contribution in [2.24, 2.45) is 0 Å². The molecule has 4 rings (SSSR count). The minimum atomic E-state index is -0.0127. The number of nitrogens with zero attached hydrogens (tertiary/aromatic N) is 2. The third kappa shape index (κ3) is 4.12. The van der Waals surface area contributed by atoms with E-state index < -0.39 is 0 Å². The Morgan fingerprint density at radius 2 is 1.79 bits per heavy atom. The van der Waals surface area contributed by atoms with Crippen molar-refractivity contribution in [2.45, 2.75) is 31.7 Å². The number of piperidine rings is 1. The smallest absolute Gasteiger partial charge is 0.326 e. The van der Waals surface area contributed by atoms with Gasteiger partial charge in [-0.15, -0.1) is 0 Å². The van der Waals surface area contributed by atoms with E-state index in [4.69, 9.17) is 12.2 Å². The van der Waals surface area contributed by atoms with Crippen LogP contribution in [-0.2, 0) is 6.42 Å². The molecule has 1 saturated heterocycles. The molecule has 1 aromatic heterocycles. The molecular formula is C22H26N4OS. The lowest BCUT2D eigenvalue weighted by Crippen LogP contribution is -2.45. The number of aryl methyl sites for hydroxylation is 1. The highest BCUT2D eigenvalue weighted by Gasteiger charge is 2.24. The van der Waals surface area contributed by atoms with Gasteiger partial charge in [0.15, 0.2) is 5.11 Å². The molecule has 0 atom stereocenters. The maximum Gasteiger partial charge on any atom is 0.326 e. The first-order chi connectivity index (χ1) is 13.7. The van der Waals surface area contributed by atoms with Crippen LogP contribution in [0.4, 0.5) is 0 Å². The lowest BCUT2D eigenvalue weighted by Gasteiger charge is -2.34. The maximum absolute atomic E-state index is 12.4. The van der Waals surface area contributed by atoms with E-state index in [-0.39, 0.29) is 11.7 Å². The van der Waals surface area contributed by atoms with Gasteiger partial charge in [0.1, 0.15) is 0 Å². The normalized spacial score (nSPS) is 15.1. The van der Waals surface area contributed by atoms with Gasteiger partial charge in [-0.1, -0.05) is 42.5 Å². The zero-order valence-corrected chi connectivity index (χ0v) is 16.8. The summed E-state index contributed by atoms with van der Waals surface area (Å²) in [5.74, 6) is 0. The molecule has 0 bridgehead atoms. The Morgan fingerprint density at radius 3 is 2.57 bits per heavy atom. The molecule has 28 heavy (non-hydrogen) atoms. The molecule has 3 aromatic rings. The zero-order chi connectivity index (χ0) is 19.3. The van der Waals surface area contributed by atoms with Crippen molar-refractivity contribution in [1.82, 2.24) is 19.8 Å². The van der Waals surface area contributed by atoms with Gasteiger partial charge < -0.3 is 15.2 Å². The molecule has 5 nitrogen and oxygen atoms in total. The number of hydrogen-bond donors (Lipinski definition) is 2. The number of likely N-dealkylation sites (tertiary alicyclic amines) is 1. The molecule has 2 aromatic carbocycles. The maximum atomic E-state index is 12.4. The van der Waals surface area contributed by atoms with Crippen molar-refractivity contribution in [1.29, 1.82) is 0 Å². The molecule has 1 aliphatic rings. The molecule has 0 aliphatic carbocycles. The van der Waals surface area contributed by atoms with Crippen molar-refractivity contribution in [2.75, 3.05) is 19.6 Å². The Bertz CT molecular complexity index is 986. The van der Waals surface area contributed by atoms with Crippen molar-refractivity contribution in [3.8, 4) is 0 Å². The Balaban J connectivity index is 1.27. The van der Waals surface area contributed by atoms with Crippen LogP contribution in [0.1, 0.15) is 30.9 Å². The molecule has 146 valence electrons. The van der Waals surface area contributed by atoms with Crippen LogP contribution in [0, 0.1) is 0 Å². The molecule has 0 radical (unpaired) electrons. The fourth-order valence-electron chi connectivity index (χ4n) is 4.01. The van der Waals surface area contributed by atoms with E-state index in [1.807, 2.05) is 34.9 Å². The minimum Gasteiger partial charge on any atom is -0.363 e. The van der Waals surface area contributed by atoms with E-state index in [0.29, 0.717) is 0 Å². The Morgan fingerprint density at radius 1 is 1.07 bits per heavy atom. The van der Waals surface area contributed by atoms with Crippen LogP contribution in [-0.4, -0.2) is 39.2 Å². The lowest BCUT2D eigenvalue weighted by atomic mass is 10.0. The van der Waals surface area contributed by atoms with Gasteiger partial charge in [-0.3, -0.25) is 4.57 Å². The number of nitrogens with one attached hydrogen (secondary N) is 2. The summed E-state index contributed by atoms with van der Waals surface area (Å²) in [5.41, 5.74) is 3.25. The van der Waals surface area contributed by atoms with Gasteiger partial charge in [-0.25, -0.2) is 4.79 Å². The summed E-state index contributed by atoms with van der Waals surface area (Å²) >= 11 is 5.59. The SMILES string of the molecule is O=c1[nH]c2ccccc2n1C1CCN(C(=S)NCCCc2ccccc2)CC1. The summed E-state index contributed by atoms with van der Waals surface area (Å²) in [7, 11) is 0. The Kier molecular flexibility index (Phi) is 5.76. The number of imidazole rings is 1. The summed E-state index contributed by atoms with van der Waals surface area (Å²) in [6, 6.07) is 18.7. The number of thiocarbonyl (C=S) groups is 1. The fraction of sp³-hybridized carbons (Fsp3) is 0.364. The lowest BCUT2D eigenvalue weighted by molar-refractivity contribution is 0.265. The van der Waals surface area contributed by atoms with Crippen molar-refractivity contribution in [3.05, 3.63) is 70.6 Å². The predicted octanol–water partition coefficient (Wildman–Crippen LogP) is 3.47. The number of para-hydroxylation sites is 2. The topological polar surface area (TPSA) is 53.1 Å². The van der Waals surface area contributed by atoms with E-state index in [1.54, 1.807) is 0 Å². The molecule has 6 heteroatoms. The van der Waals surface area contributed by atoms with Gasteiger partial charge in [-0.05, 0) is 55.6 Å². The van der Waals surface area contributed by atoms with Gasteiger partial charge >= 0.3 is 5.69 Å². The number of aromatic nitrogens is 2. The van der Waals surface area contributed by atoms with Crippen LogP contribution < -0.4 is 11.0 Å². The first-order valence-corrected chi connectivity index (χ1v) is 10.4. The van der Waals surface area contributed by atoms with Crippen LogP contribution in [0.15, 0.2) is 59.4 Å². The van der Waals surface area contributed by atoms with Gasteiger partial charge in [0.2, 0.25) is 0 Å². The summed E-state index contributed by atoms with van der Waals surface area (Å²) in [5, 5.41) is 4.23. The monoisotopic (exact) mass is 394 g/mol. The zero-order valence-electron chi connectivity index (χ0n) is 15.9. The highest BCUT2D eigenvalue weighted by molar-refractivity contribution is 7.80. The van der Waals surface area contributed by atoms with Crippen molar-refractivity contribution in [3.63, 3.8) is 0 Å². The first-order valence-electron chi connectivity index (χ1n) is 9.98. The number of benzene rings is 2. The minimum absolute atomic E-state index is 0.0127. The molecule has 0 spiro atoms. The highest BCUT2D eigenvalue weighted by Crippen LogP contribution is 2.24. The van der Waals surface area contributed by atoms with Gasteiger partial charge in [0, 0.05) is 25.7 Å². The van der Waals surface area contributed by atoms with Crippen molar-refractivity contribution >= 4 is 28.4 Å². The summed E-state index contributed by atoms with van der Waals surface area (Å²) in [6.45, 7) is 2.64. The summed E-state index contributed by atoms with van der Waals surface area (Å²) in [4.78, 5) is 17.6. The number of hydrogen-bond acceptors (Lipinski definition) is 2. The van der Waals surface area contributed by atoms with Crippen LogP contribution in [0.3, 0.4) is 0 Å². The second-order valence-electron chi connectivity index (χ2n) is 7.36. The number of H-pyrrole nitrogens is 1. The van der Waals surface area contributed by atoms with E-state index in [1.165, 1.54) is 5.56 Å². The molecule has 1 fully saturated rings.